The summed E-state index contributed by atoms with van der Waals surface area (Å²) in [6.45, 7) is 1.13. The van der Waals surface area contributed by atoms with Gasteiger partial charge in [0.1, 0.15) is 12.0 Å². The minimum absolute atomic E-state index is 0.0910. The summed E-state index contributed by atoms with van der Waals surface area (Å²) in [5.41, 5.74) is 8.44. The number of nitrogens with one attached hydrogen (secondary N) is 1. The van der Waals surface area contributed by atoms with E-state index in [1.807, 2.05) is 6.07 Å². The van der Waals surface area contributed by atoms with Crippen LogP contribution in [0.4, 0.5) is 0 Å². The molecule has 15 heteroatoms. The molecule has 190 valence electrons. The first-order valence-electron chi connectivity index (χ1n) is 10.9. The van der Waals surface area contributed by atoms with Gasteiger partial charge in [0.25, 0.3) is 5.56 Å². The van der Waals surface area contributed by atoms with E-state index in [2.05, 4.69) is 20.0 Å². The molecule has 37 heavy (non-hydrogen) atoms. The summed E-state index contributed by atoms with van der Waals surface area (Å²) in [4.78, 5) is 32.9. The van der Waals surface area contributed by atoms with Crippen LogP contribution in [0.3, 0.4) is 0 Å². The van der Waals surface area contributed by atoms with Gasteiger partial charge in [-0.2, -0.15) is 5.26 Å². The molecule has 4 rings (SSSR count). The van der Waals surface area contributed by atoms with Gasteiger partial charge in [-0.25, -0.2) is 9.36 Å². The van der Waals surface area contributed by atoms with E-state index in [4.69, 9.17) is 29.1 Å². The van der Waals surface area contributed by atoms with Crippen molar-refractivity contribution in [1.29, 1.82) is 5.26 Å². The van der Waals surface area contributed by atoms with Crippen molar-refractivity contribution in [3.63, 3.8) is 0 Å². The standard InChI is InChI=1S/C22H20N7O7P/c1-14-12-29(22(31)26-21(14)30)20-9-18(27-28-24)19(34-20)13-33-37(32,36-17-3-2-8-25-11-17)35-16-6-4-15(10-23)5-7-16/h2-8,11-12,18-20H,9,13H2,1H3,(H,26,30,31)/t18?,19-,20-,37?/m1/s1. The highest BCUT2D eigenvalue weighted by molar-refractivity contribution is 7.49. The highest BCUT2D eigenvalue weighted by atomic mass is 31.2. The van der Waals surface area contributed by atoms with Crippen molar-refractivity contribution in [2.45, 2.75) is 31.7 Å². The van der Waals surface area contributed by atoms with E-state index >= 15 is 0 Å². The third-order valence-corrected chi connectivity index (χ3v) is 6.64. The van der Waals surface area contributed by atoms with Crippen molar-refractivity contribution in [3.8, 4) is 17.6 Å². The van der Waals surface area contributed by atoms with Crippen molar-refractivity contribution in [3.05, 3.63) is 97.4 Å². The molecule has 0 saturated carbocycles. The van der Waals surface area contributed by atoms with E-state index < -0.39 is 44.1 Å². The second-order valence-corrected chi connectivity index (χ2v) is 9.38. The number of nitrogens with zero attached hydrogens (tertiary/aromatic N) is 6. The normalized spacial score (nSPS) is 20.3. The Kier molecular flexibility index (Phi) is 7.71. The third kappa shape index (κ3) is 6.24. The largest absolute Gasteiger partial charge is 0.587 e. The number of azide groups is 1. The van der Waals surface area contributed by atoms with Crippen LogP contribution >= 0.6 is 7.82 Å². The molecule has 3 aromatic rings. The maximum atomic E-state index is 13.6. The van der Waals surface area contributed by atoms with Crippen LogP contribution in [-0.4, -0.2) is 33.3 Å². The van der Waals surface area contributed by atoms with Crippen LogP contribution in [0.25, 0.3) is 10.4 Å². The van der Waals surface area contributed by atoms with Gasteiger partial charge in [0.2, 0.25) is 0 Å². The van der Waals surface area contributed by atoms with Gasteiger partial charge in [-0.15, -0.1) is 0 Å². The summed E-state index contributed by atoms with van der Waals surface area (Å²) in [7, 11) is -4.35. The van der Waals surface area contributed by atoms with Crippen molar-refractivity contribution >= 4 is 7.82 Å². The van der Waals surface area contributed by atoms with Crippen LogP contribution in [0.15, 0.2) is 69.7 Å². The molecule has 1 fully saturated rings. The molecule has 3 heterocycles. The molecule has 2 aromatic heterocycles. The fourth-order valence-electron chi connectivity index (χ4n) is 3.51. The number of nitriles is 1. The number of benzene rings is 1. The number of phosphoric ester groups is 1. The van der Waals surface area contributed by atoms with E-state index in [-0.39, 0.29) is 23.5 Å². The van der Waals surface area contributed by atoms with E-state index in [0.717, 1.165) is 0 Å². The Bertz CT molecular complexity index is 1510. The summed E-state index contributed by atoms with van der Waals surface area (Å²) in [6.07, 6.45) is 2.42. The Labute approximate surface area is 209 Å². The zero-order valence-electron chi connectivity index (χ0n) is 19.3. The quantitative estimate of drug-likeness (QED) is 0.189. The van der Waals surface area contributed by atoms with Gasteiger partial charge >= 0.3 is 13.5 Å². The number of hydrogen-bond donors (Lipinski definition) is 1. The minimum Gasteiger partial charge on any atom is -0.395 e. The zero-order valence-corrected chi connectivity index (χ0v) is 20.2. The molecule has 1 aliphatic rings. The Morgan fingerprint density at radius 3 is 2.73 bits per heavy atom. The molecular weight excluding hydrogens is 505 g/mol. The molecule has 1 saturated heterocycles. The van der Waals surface area contributed by atoms with Crippen LogP contribution in [0.1, 0.15) is 23.8 Å². The number of aryl methyl sites for hydroxylation is 1. The molecule has 1 N–H and O–H groups in total. The number of ether oxygens (including phenoxy) is 1. The molecule has 1 aliphatic heterocycles. The van der Waals surface area contributed by atoms with Crippen molar-refractivity contribution < 1.29 is 22.9 Å². The summed E-state index contributed by atoms with van der Waals surface area (Å²) < 4.78 is 37.3. The number of pyridine rings is 1. The Balaban J connectivity index is 1.56. The molecule has 0 spiro atoms. The van der Waals surface area contributed by atoms with Gasteiger partial charge in [0.05, 0.1) is 36.6 Å². The Morgan fingerprint density at radius 2 is 2.05 bits per heavy atom. The second kappa shape index (κ2) is 11.1. The van der Waals surface area contributed by atoms with Crippen LogP contribution in [0.2, 0.25) is 0 Å². The Hall–Kier alpha value is -4.40. The molecule has 0 amide bonds. The maximum Gasteiger partial charge on any atom is 0.587 e. The lowest BCUT2D eigenvalue weighted by molar-refractivity contribution is -0.0260. The molecule has 1 aromatic carbocycles. The smallest absolute Gasteiger partial charge is 0.395 e. The van der Waals surface area contributed by atoms with Crippen LogP contribution in [0, 0.1) is 18.3 Å². The Morgan fingerprint density at radius 1 is 1.30 bits per heavy atom. The number of rotatable bonds is 9. The fourth-order valence-corrected chi connectivity index (χ4v) is 4.73. The molecular formula is C22H20N7O7P. The summed E-state index contributed by atoms with van der Waals surface area (Å²) in [6, 6.07) is 10.0. The number of H-pyrrole nitrogens is 1. The first-order chi connectivity index (χ1) is 17.8. The molecule has 14 nitrogen and oxygen atoms in total. The minimum atomic E-state index is -4.35. The molecule has 0 radical (unpaired) electrons. The summed E-state index contributed by atoms with van der Waals surface area (Å²) in [5, 5.41) is 12.7. The SMILES string of the molecule is Cc1cn([C@H]2CC(N=[N+]=[N-])[C@@H](COP(=O)(Oc3ccc(C#N)cc3)Oc3cccnc3)O2)c(=O)[nH]c1=O. The van der Waals surface area contributed by atoms with Gasteiger partial charge in [-0.1, -0.05) is 5.11 Å². The highest BCUT2D eigenvalue weighted by Crippen LogP contribution is 2.50. The molecule has 0 aliphatic carbocycles. The summed E-state index contributed by atoms with van der Waals surface area (Å²) in [5.74, 6) is 0.213. The first kappa shape index (κ1) is 25.7. The second-order valence-electron chi connectivity index (χ2n) is 7.87. The monoisotopic (exact) mass is 525 g/mol. The van der Waals surface area contributed by atoms with E-state index in [0.29, 0.717) is 5.56 Å². The van der Waals surface area contributed by atoms with E-state index in [1.165, 1.54) is 60.4 Å². The third-order valence-electron chi connectivity index (χ3n) is 5.31. The lowest BCUT2D eigenvalue weighted by atomic mass is 10.1. The average Bonchev–Trinajstić information content (AvgIpc) is 3.29. The lowest BCUT2D eigenvalue weighted by Gasteiger charge is -2.22. The van der Waals surface area contributed by atoms with Gasteiger partial charge in [-0.3, -0.25) is 23.9 Å². The van der Waals surface area contributed by atoms with Crippen LogP contribution < -0.4 is 20.3 Å². The number of phosphoric acid groups is 1. The molecule has 0 bridgehead atoms. The highest BCUT2D eigenvalue weighted by Gasteiger charge is 2.40. The number of hydrogen-bond acceptors (Lipinski definition) is 10. The molecule has 2 unspecified atom stereocenters. The lowest BCUT2D eigenvalue weighted by Crippen LogP contribution is -2.33. The topological polar surface area (TPSA) is 194 Å². The van der Waals surface area contributed by atoms with Gasteiger partial charge in [0, 0.05) is 29.3 Å². The van der Waals surface area contributed by atoms with Crippen LogP contribution in [0.5, 0.6) is 11.5 Å². The predicted molar refractivity (Wildman–Crippen MR) is 128 cm³/mol. The van der Waals surface area contributed by atoms with Crippen LogP contribution in [-0.2, 0) is 13.8 Å². The molecule has 4 atom stereocenters. The van der Waals surface area contributed by atoms with Crippen molar-refractivity contribution in [2.75, 3.05) is 6.61 Å². The first-order valence-corrected chi connectivity index (χ1v) is 12.3. The fraction of sp³-hybridized carbons (Fsp3) is 0.273. The number of aromatic amines is 1. The maximum absolute atomic E-state index is 13.6. The van der Waals surface area contributed by atoms with E-state index in [9.17, 15) is 14.2 Å². The number of aromatic nitrogens is 3. The van der Waals surface area contributed by atoms with Crippen molar-refractivity contribution in [2.24, 2.45) is 5.11 Å². The van der Waals surface area contributed by atoms with Gasteiger partial charge in [0.15, 0.2) is 5.75 Å². The average molecular weight is 525 g/mol. The van der Waals surface area contributed by atoms with Gasteiger partial charge < -0.3 is 13.8 Å². The summed E-state index contributed by atoms with van der Waals surface area (Å²) >= 11 is 0. The van der Waals surface area contributed by atoms with Crippen molar-refractivity contribution in [1.82, 2.24) is 14.5 Å². The zero-order chi connectivity index (χ0) is 26.4. The predicted octanol–water partition coefficient (Wildman–Crippen LogP) is 3.36. The van der Waals surface area contributed by atoms with E-state index in [1.54, 1.807) is 6.07 Å². The van der Waals surface area contributed by atoms with Gasteiger partial charge in [-0.05, 0) is 48.9 Å².